The van der Waals surface area contributed by atoms with E-state index in [1.807, 2.05) is 0 Å². The Balaban J connectivity index is 1.85. The molecular formula is C14H19NO3. The summed E-state index contributed by atoms with van der Waals surface area (Å²) in [5.41, 5.74) is 0.904. The lowest BCUT2D eigenvalue weighted by molar-refractivity contribution is 0.168. The summed E-state index contributed by atoms with van der Waals surface area (Å²) in [6.45, 7) is 3.27. The number of rotatable bonds is 2. The molecule has 2 N–H and O–H groups in total. The van der Waals surface area contributed by atoms with Crippen LogP contribution in [-0.4, -0.2) is 31.4 Å². The molecule has 4 nitrogen and oxygen atoms in total. The molecule has 0 saturated carbocycles. The van der Waals surface area contributed by atoms with Crippen molar-refractivity contribution in [1.82, 2.24) is 5.32 Å². The minimum atomic E-state index is 0.324. The number of phenolic OH excluding ortho intramolecular Hbond substituents is 1. The molecule has 2 aliphatic rings. The van der Waals surface area contributed by atoms with Crippen LogP contribution < -0.4 is 14.8 Å². The van der Waals surface area contributed by atoms with Gasteiger partial charge in [-0.2, -0.15) is 0 Å². The van der Waals surface area contributed by atoms with E-state index in [2.05, 4.69) is 5.32 Å². The van der Waals surface area contributed by atoms with Crippen LogP contribution in [-0.2, 0) is 6.42 Å². The average Bonchev–Trinajstić information content (AvgIpc) is 2.43. The molecular weight excluding hydrogens is 230 g/mol. The number of fused-ring (bicyclic) bond motifs is 1. The molecule has 1 saturated heterocycles. The number of hydrogen-bond acceptors (Lipinski definition) is 4. The topological polar surface area (TPSA) is 50.7 Å². The fourth-order valence-corrected chi connectivity index (χ4v) is 2.75. The first kappa shape index (κ1) is 11.7. The molecule has 0 bridgehead atoms. The van der Waals surface area contributed by atoms with E-state index in [0.717, 1.165) is 36.6 Å². The molecule has 0 aromatic heterocycles. The van der Waals surface area contributed by atoms with Crippen molar-refractivity contribution in [3.8, 4) is 17.2 Å². The zero-order valence-electron chi connectivity index (χ0n) is 10.4. The predicted molar refractivity (Wildman–Crippen MR) is 68.4 cm³/mol. The van der Waals surface area contributed by atoms with E-state index >= 15 is 0 Å². The van der Waals surface area contributed by atoms with Crippen LogP contribution >= 0.6 is 0 Å². The smallest absolute Gasteiger partial charge is 0.168 e. The minimum Gasteiger partial charge on any atom is -0.508 e. The number of ether oxygens (including phenoxy) is 2. The molecule has 18 heavy (non-hydrogen) atoms. The Morgan fingerprint density at radius 1 is 1.28 bits per heavy atom. The first-order chi connectivity index (χ1) is 8.84. The number of hydrogen-bond donors (Lipinski definition) is 2. The van der Waals surface area contributed by atoms with Crippen molar-refractivity contribution in [2.24, 2.45) is 5.92 Å². The molecule has 1 atom stereocenters. The summed E-state index contributed by atoms with van der Waals surface area (Å²) in [5, 5.41) is 13.4. The molecule has 1 aromatic carbocycles. The van der Waals surface area contributed by atoms with Crippen LogP contribution in [0.3, 0.4) is 0 Å². The van der Waals surface area contributed by atoms with Gasteiger partial charge in [0, 0.05) is 5.56 Å². The van der Waals surface area contributed by atoms with Gasteiger partial charge in [-0.15, -0.1) is 0 Å². The number of aromatic hydroxyl groups is 1. The number of phenols is 1. The van der Waals surface area contributed by atoms with E-state index < -0.39 is 0 Å². The van der Waals surface area contributed by atoms with Crippen LogP contribution in [0.1, 0.15) is 18.4 Å². The Bertz CT molecular complexity index is 427. The van der Waals surface area contributed by atoms with E-state index in [1.165, 1.54) is 12.8 Å². The van der Waals surface area contributed by atoms with Gasteiger partial charge in [0.05, 0.1) is 0 Å². The lowest BCUT2D eigenvalue weighted by atomic mass is 9.91. The van der Waals surface area contributed by atoms with Gasteiger partial charge in [-0.05, 0) is 50.4 Å². The highest BCUT2D eigenvalue weighted by Gasteiger charge is 2.23. The van der Waals surface area contributed by atoms with Crippen LogP contribution in [0.25, 0.3) is 0 Å². The van der Waals surface area contributed by atoms with Crippen LogP contribution in [0.2, 0.25) is 0 Å². The van der Waals surface area contributed by atoms with Gasteiger partial charge < -0.3 is 19.9 Å². The largest absolute Gasteiger partial charge is 0.508 e. The predicted octanol–water partition coefficient (Wildman–Crippen LogP) is 1.71. The first-order valence-electron chi connectivity index (χ1n) is 6.66. The van der Waals surface area contributed by atoms with Crippen LogP contribution in [0.5, 0.6) is 17.2 Å². The monoisotopic (exact) mass is 249 g/mol. The second-order valence-electron chi connectivity index (χ2n) is 5.00. The fourth-order valence-electron chi connectivity index (χ4n) is 2.75. The third-order valence-electron chi connectivity index (χ3n) is 3.68. The highest BCUT2D eigenvalue weighted by Crippen LogP contribution is 2.40. The molecule has 0 spiro atoms. The number of piperidine rings is 1. The standard InChI is InChI=1S/C14H19NO3/c16-12-3-4-13-14(18-7-6-17-13)11(12)8-10-2-1-5-15-9-10/h3-4,10,15-16H,1-2,5-9H2. The third-order valence-corrected chi connectivity index (χ3v) is 3.68. The zero-order valence-corrected chi connectivity index (χ0v) is 10.4. The van der Waals surface area contributed by atoms with Gasteiger partial charge in [-0.25, -0.2) is 0 Å². The summed E-state index contributed by atoms with van der Waals surface area (Å²) in [7, 11) is 0. The Morgan fingerprint density at radius 3 is 3.00 bits per heavy atom. The van der Waals surface area contributed by atoms with Crippen molar-refractivity contribution in [2.75, 3.05) is 26.3 Å². The Kier molecular flexibility index (Phi) is 3.28. The molecule has 1 fully saturated rings. The summed E-state index contributed by atoms with van der Waals surface area (Å²) < 4.78 is 11.2. The van der Waals surface area contributed by atoms with Crippen molar-refractivity contribution in [3.05, 3.63) is 17.7 Å². The van der Waals surface area contributed by atoms with E-state index in [1.54, 1.807) is 12.1 Å². The van der Waals surface area contributed by atoms with Gasteiger partial charge in [-0.1, -0.05) is 0 Å². The van der Waals surface area contributed by atoms with Crippen LogP contribution in [0.15, 0.2) is 12.1 Å². The van der Waals surface area contributed by atoms with Gasteiger partial charge in [0.1, 0.15) is 19.0 Å². The lowest BCUT2D eigenvalue weighted by Gasteiger charge is -2.26. The maximum atomic E-state index is 10.0. The van der Waals surface area contributed by atoms with Crippen LogP contribution in [0.4, 0.5) is 0 Å². The highest BCUT2D eigenvalue weighted by atomic mass is 16.6. The number of benzene rings is 1. The maximum absolute atomic E-state index is 10.0. The molecule has 3 rings (SSSR count). The summed E-state index contributed by atoms with van der Waals surface area (Å²) in [6.07, 6.45) is 3.26. The molecule has 0 radical (unpaired) electrons. The van der Waals surface area contributed by atoms with Crippen LogP contribution in [0, 0.1) is 5.92 Å². The summed E-state index contributed by atoms with van der Waals surface area (Å²) >= 11 is 0. The Hall–Kier alpha value is -1.42. The Labute approximate surface area is 107 Å². The third kappa shape index (κ3) is 2.25. The molecule has 2 aliphatic heterocycles. The van der Waals surface area contributed by atoms with Crippen molar-refractivity contribution >= 4 is 0 Å². The van der Waals surface area contributed by atoms with E-state index in [0.29, 0.717) is 24.9 Å². The van der Waals surface area contributed by atoms with E-state index in [9.17, 15) is 5.11 Å². The van der Waals surface area contributed by atoms with Gasteiger partial charge in [0.2, 0.25) is 0 Å². The second kappa shape index (κ2) is 5.06. The SMILES string of the molecule is Oc1ccc2c(c1CC1CCCNC1)OCCO2. The quantitative estimate of drug-likeness (QED) is 0.837. The second-order valence-corrected chi connectivity index (χ2v) is 5.00. The minimum absolute atomic E-state index is 0.324. The van der Waals surface area contributed by atoms with Gasteiger partial charge >= 0.3 is 0 Å². The van der Waals surface area contributed by atoms with Crippen molar-refractivity contribution in [3.63, 3.8) is 0 Å². The summed E-state index contributed by atoms with van der Waals surface area (Å²) in [4.78, 5) is 0. The summed E-state index contributed by atoms with van der Waals surface area (Å²) in [6, 6.07) is 3.49. The maximum Gasteiger partial charge on any atom is 0.168 e. The average molecular weight is 249 g/mol. The van der Waals surface area contributed by atoms with E-state index in [4.69, 9.17) is 9.47 Å². The normalized spacial score (nSPS) is 22.8. The molecule has 4 heteroatoms. The van der Waals surface area contributed by atoms with Gasteiger partial charge in [0.15, 0.2) is 11.5 Å². The van der Waals surface area contributed by atoms with Crippen molar-refractivity contribution < 1.29 is 14.6 Å². The molecule has 0 aliphatic carbocycles. The molecule has 1 unspecified atom stereocenters. The molecule has 98 valence electrons. The van der Waals surface area contributed by atoms with Gasteiger partial charge in [0.25, 0.3) is 0 Å². The highest BCUT2D eigenvalue weighted by molar-refractivity contribution is 5.54. The summed E-state index contributed by atoms with van der Waals surface area (Å²) in [5.74, 6) is 2.40. The molecule has 2 heterocycles. The molecule has 0 amide bonds. The zero-order chi connectivity index (χ0) is 12.4. The first-order valence-corrected chi connectivity index (χ1v) is 6.66. The fraction of sp³-hybridized carbons (Fsp3) is 0.571. The molecule has 1 aromatic rings. The lowest BCUT2D eigenvalue weighted by Crippen LogP contribution is -2.31. The Morgan fingerprint density at radius 2 is 2.17 bits per heavy atom. The van der Waals surface area contributed by atoms with Crippen molar-refractivity contribution in [2.45, 2.75) is 19.3 Å². The van der Waals surface area contributed by atoms with Crippen molar-refractivity contribution in [1.29, 1.82) is 0 Å². The van der Waals surface area contributed by atoms with E-state index in [-0.39, 0.29) is 0 Å². The number of nitrogens with one attached hydrogen (secondary N) is 1. The van der Waals surface area contributed by atoms with Gasteiger partial charge in [-0.3, -0.25) is 0 Å².